The molecule has 0 heterocycles. The molecule has 1 N–H and O–H groups in total. The summed E-state index contributed by atoms with van der Waals surface area (Å²) in [5.74, 6) is 0. The summed E-state index contributed by atoms with van der Waals surface area (Å²) < 4.78 is 42.1. The van der Waals surface area contributed by atoms with Crippen molar-refractivity contribution in [2.45, 2.75) is 32.0 Å². The molecule has 0 saturated carbocycles. The lowest BCUT2D eigenvalue weighted by molar-refractivity contribution is -0.195. The van der Waals surface area contributed by atoms with Crippen LogP contribution in [-0.2, 0) is 4.74 Å². The Morgan fingerprint density at radius 2 is 1.85 bits per heavy atom. The van der Waals surface area contributed by atoms with Gasteiger partial charge in [0.25, 0.3) is 0 Å². The largest absolute Gasteiger partial charge is 0.406 e. The first-order valence-electron chi connectivity index (χ1n) is 4.18. The molecule has 0 aromatic heterocycles. The van der Waals surface area contributed by atoms with Crippen LogP contribution in [0.3, 0.4) is 0 Å². The van der Waals surface area contributed by atoms with Crippen molar-refractivity contribution in [2.24, 2.45) is 0 Å². The molecule has 0 radical (unpaired) electrons. The summed E-state index contributed by atoms with van der Waals surface area (Å²) in [7, 11) is 1.39. The van der Waals surface area contributed by atoms with Gasteiger partial charge in [0.15, 0.2) is 0 Å². The maximum Gasteiger partial charge on any atom is 0.406 e. The molecule has 0 bridgehead atoms. The van der Waals surface area contributed by atoms with Crippen molar-refractivity contribution >= 4 is 0 Å². The summed E-state index contributed by atoms with van der Waals surface area (Å²) >= 11 is 0. The highest BCUT2D eigenvalue weighted by Gasteiger charge is 2.49. The number of ether oxygens (including phenoxy) is 1. The van der Waals surface area contributed by atoms with Crippen LogP contribution in [0.5, 0.6) is 0 Å². The van der Waals surface area contributed by atoms with E-state index in [1.165, 1.54) is 7.11 Å². The van der Waals surface area contributed by atoms with Crippen molar-refractivity contribution in [2.75, 3.05) is 20.3 Å². The molecular weight excluding hydrogens is 183 g/mol. The molecule has 0 aromatic carbocycles. The molecule has 0 rings (SSSR count). The topological polar surface area (TPSA) is 21.3 Å². The van der Waals surface area contributed by atoms with Crippen LogP contribution in [0.1, 0.15) is 20.3 Å². The Morgan fingerprint density at radius 3 is 2.15 bits per heavy atom. The van der Waals surface area contributed by atoms with Gasteiger partial charge in [-0.2, -0.15) is 13.2 Å². The molecule has 13 heavy (non-hydrogen) atoms. The zero-order valence-corrected chi connectivity index (χ0v) is 8.16. The SMILES string of the molecule is CCNC(C)(CCOC)C(F)(F)F. The Bertz CT molecular complexity index is 149. The van der Waals surface area contributed by atoms with Gasteiger partial charge in [0.2, 0.25) is 0 Å². The lowest BCUT2D eigenvalue weighted by Crippen LogP contribution is -2.54. The second-order valence-corrected chi connectivity index (χ2v) is 3.10. The summed E-state index contributed by atoms with van der Waals surface area (Å²) in [4.78, 5) is 0. The van der Waals surface area contributed by atoms with E-state index >= 15 is 0 Å². The highest BCUT2D eigenvalue weighted by molar-refractivity contribution is 4.90. The van der Waals surface area contributed by atoms with E-state index in [1.54, 1.807) is 6.92 Å². The van der Waals surface area contributed by atoms with Gasteiger partial charge in [-0.05, 0) is 19.9 Å². The molecule has 80 valence electrons. The van der Waals surface area contributed by atoms with Gasteiger partial charge in [0, 0.05) is 13.7 Å². The molecule has 0 aliphatic carbocycles. The number of hydrogen-bond donors (Lipinski definition) is 1. The predicted octanol–water partition coefficient (Wildman–Crippen LogP) is 1.95. The number of hydrogen-bond acceptors (Lipinski definition) is 2. The molecule has 5 heteroatoms. The smallest absolute Gasteiger partial charge is 0.385 e. The van der Waals surface area contributed by atoms with Crippen molar-refractivity contribution in [3.63, 3.8) is 0 Å². The monoisotopic (exact) mass is 199 g/mol. The Hall–Kier alpha value is -0.290. The van der Waals surface area contributed by atoms with Crippen molar-refractivity contribution in [1.82, 2.24) is 5.32 Å². The normalized spacial score (nSPS) is 17.1. The summed E-state index contributed by atoms with van der Waals surface area (Å²) in [6, 6.07) is 0. The molecule has 0 spiro atoms. The van der Waals surface area contributed by atoms with Crippen LogP contribution < -0.4 is 5.32 Å². The maximum absolute atomic E-state index is 12.5. The Labute approximate surface area is 76.5 Å². The van der Waals surface area contributed by atoms with Gasteiger partial charge in [-0.15, -0.1) is 0 Å². The van der Waals surface area contributed by atoms with Crippen LogP contribution in [-0.4, -0.2) is 32.0 Å². The maximum atomic E-state index is 12.5. The van der Waals surface area contributed by atoms with Crippen molar-refractivity contribution in [3.05, 3.63) is 0 Å². The molecule has 2 nitrogen and oxygen atoms in total. The fourth-order valence-corrected chi connectivity index (χ4v) is 1.03. The van der Waals surface area contributed by atoms with Crippen LogP contribution in [0.25, 0.3) is 0 Å². The fraction of sp³-hybridized carbons (Fsp3) is 1.00. The number of methoxy groups -OCH3 is 1. The molecule has 0 amide bonds. The van der Waals surface area contributed by atoms with Gasteiger partial charge < -0.3 is 10.1 Å². The second-order valence-electron chi connectivity index (χ2n) is 3.10. The Kier molecular flexibility index (Phi) is 4.70. The Balaban J connectivity index is 4.34. The van der Waals surface area contributed by atoms with Crippen LogP contribution in [0.4, 0.5) is 13.2 Å². The first kappa shape index (κ1) is 12.7. The van der Waals surface area contributed by atoms with E-state index in [4.69, 9.17) is 0 Å². The molecule has 0 saturated heterocycles. The molecule has 1 unspecified atom stereocenters. The van der Waals surface area contributed by atoms with Gasteiger partial charge >= 0.3 is 6.18 Å². The van der Waals surface area contributed by atoms with Gasteiger partial charge in [-0.1, -0.05) is 6.92 Å². The third-order valence-electron chi connectivity index (χ3n) is 2.00. The van der Waals surface area contributed by atoms with Gasteiger partial charge in [0.05, 0.1) is 0 Å². The third kappa shape index (κ3) is 3.52. The van der Waals surface area contributed by atoms with E-state index < -0.39 is 11.7 Å². The standard InChI is InChI=1S/C8H16F3NO/c1-4-12-7(2,5-6-13-3)8(9,10)11/h12H,4-6H2,1-3H3. The number of halogens is 3. The van der Waals surface area contributed by atoms with Crippen molar-refractivity contribution < 1.29 is 17.9 Å². The molecule has 0 aromatic rings. The molecule has 1 atom stereocenters. The summed E-state index contributed by atoms with van der Waals surface area (Å²) in [5, 5.41) is 2.43. The summed E-state index contributed by atoms with van der Waals surface area (Å²) in [5.41, 5.74) is -1.84. The zero-order valence-electron chi connectivity index (χ0n) is 8.16. The van der Waals surface area contributed by atoms with Crippen LogP contribution >= 0.6 is 0 Å². The first-order valence-corrected chi connectivity index (χ1v) is 4.18. The van der Waals surface area contributed by atoms with E-state index in [2.05, 4.69) is 10.1 Å². The molecule has 0 fully saturated rings. The minimum Gasteiger partial charge on any atom is -0.385 e. The van der Waals surface area contributed by atoms with E-state index in [1.807, 2.05) is 0 Å². The van der Waals surface area contributed by atoms with E-state index in [0.717, 1.165) is 6.92 Å². The average Bonchev–Trinajstić information content (AvgIpc) is 1.99. The number of nitrogens with one attached hydrogen (secondary N) is 1. The zero-order chi connectivity index (χ0) is 10.5. The van der Waals surface area contributed by atoms with Gasteiger partial charge in [-0.3, -0.25) is 0 Å². The lowest BCUT2D eigenvalue weighted by atomic mass is 9.97. The van der Waals surface area contributed by atoms with Gasteiger partial charge in [-0.25, -0.2) is 0 Å². The van der Waals surface area contributed by atoms with Crippen LogP contribution in [0, 0.1) is 0 Å². The minimum atomic E-state index is -4.23. The van der Waals surface area contributed by atoms with Crippen LogP contribution in [0.2, 0.25) is 0 Å². The van der Waals surface area contributed by atoms with E-state index in [9.17, 15) is 13.2 Å². The number of rotatable bonds is 5. The summed E-state index contributed by atoms with van der Waals surface area (Å²) in [6.07, 6.45) is -4.30. The lowest BCUT2D eigenvalue weighted by Gasteiger charge is -2.32. The van der Waals surface area contributed by atoms with Crippen molar-refractivity contribution in [1.29, 1.82) is 0 Å². The molecule has 0 aliphatic rings. The molecular formula is C8H16F3NO. The Morgan fingerprint density at radius 1 is 1.31 bits per heavy atom. The second kappa shape index (κ2) is 4.81. The number of alkyl halides is 3. The predicted molar refractivity (Wildman–Crippen MR) is 44.6 cm³/mol. The molecule has 0 aliphatic heterocycles. The third-order valence-corrected chi connectivity index (χ3v) is 2.00. The summed E-state index contributed by atoms with van der Waals surface area (Å²) in [6.45, 7) is 3.19. The van der Waals surface area contributed by atoms with Crippen molar-refractivity contribution in [3.8, 4) is 0 Å². The van der Waals surface area contributed by atoms with E-state index in [0.29, 0.717) is 6.54 Å². The highest BCUT2D eigenvalue weighted by atomic mass is 19.4. The quantitative estimate of drug-likeness (QED) is 0.730. The van der Waals surface area contributed by atoms with Gasteiger partial charge in [0.1, 0.15) is 5.54 Å². The average molecular weight is 199 g/mol. The minimum absolute atomic E-state index is 0.0686. The highest BCUT2D eigenvalue weighted by Crippen LogP contribution is 2.32. The fourth-order valence-electron chi connectivity index (χ4n) is 1.03. The first-order chi connectivity index (χ1) is 5.87. The van der Waals surface area contributed by atoms with Crippen LogP contribution in [0.15, 0.2) is 0 Å². The van der Waals surface area contributed by atoms with E-state index in [-0.39, 0.29) is 13.0 Å².